The highest BCUT2D eigenvalue weighted by Crippen LogP contribution is 2.31. The van der Waals surface area contributed by atoms with Gasteiger partial charge in [0.05, 0.1) is 12.3 Å². The molecule has 1 saturated heterocycles. The lowest BCUT2D eigenvalue weighted by atomic mass is 10.1. The number of aliphatic hydroxyl groups excluding tert-OH is 2. The van der Waals surface area contributed by atoms with Crippen LogP contribution in [-0.4, -0.2) is 51.4 Å². The van der Waals surface area contributed by atoms with Gasteiger partial charge >= 0.3 is 0 Å². The zero-order valence-corrected chi connectivity index (χ0v) is 10.4. The van der Waals surface area contributed by atoms with Crippen LogP contribution in [0.3, 0.4) is 0 Å². The molecule has 6 nitrogen and oxygen atoms in total. The summed E-state index contributed by atoms with van der Waals surface area (Å²) in [6, 6.07) is 0. The monoisotopic (exact) mass is 253 g/mol. The number of piperazine rings is 1. The molecule has 4 N–H and O–H groups in total. The predicted octanol–water partition coefficient (Wildman–Crippen LogP) is -0.516. The van der Waals surface area contributed by atoms with E-state index in [4.69, 9.17) is 0 Å². The minimum atomic E-state index is -0.907. The Hall–Kier alpha value is -1.21. The summed E-state index contributed by atoms with van der Waals surface area (Å²) in [7, 11) is 0. The zero-order chi connectivity index (χ0) is 13.1. The van der Waals surface area contributed by atoms with Gasteiger partial charge in [-0.3, -0.25) is 9.88 Å². The van der Waals surface area contributed by atoms with E-state index in [9.17, 15) is 15.3 Å². The van der Waals surface area contributed by atoms with Gasteiger partial charge in [0.15, 0.2) is 0 Å². The Kier molecular flexibility index (Phi) is 4.13. The van der Waals surface area contributed by atoms with Crippen molar-refractivity contribution in [3.63, 3.8) is 0 Å². The molecule has 1 fully saturated rings. The molecule has 1 atom stereocenters. The van der Waals surface area contributed by atoms with Crippen molar-refractivity contribution in [3.05, 3.63) is 23.0 Å². The van der Waals surface area contributed by atoms with E-state index in [1.54, 1.807) is 6.92 Å². The Bertz CT molecular complexity index is 419. The van der Waals surface area contributed by atoms with Gasteiger partial charge in [0.25, 0.3) is 0 Å². The number of hydrogen-bond acceptors (Lipinski definition) is 6. The van der Waals surface area contributed by atoms with Gasteiger partial charge in [0, 0.05) is 43.5 Å². The highest BCUT2D eigenvalue weighted by molar-refractivity contribution is 5.42. The quantitative estimate of drug-likeness (QED) is 0.580. The van der Waals surface area contributed by atoms with Gasteiger partial charge in [-0.25, -0.2) is 0 Å². The molecule has 0 aliphatic carbocycles. The highest BCUT2D eigenvalue weighted by atomic mass is 16.3. The number of aromatic hydroxyl groups is 1. The molecule has 1 aromatic heterocycles. The summed E-state index contributed by atoms with van der Waals surface area (Å²) in [6.07, 6.45) is 0.589. The molecule has 0 saturated carbocycles. The molecule has 2 heterocycles. The maximum atomic E-state index is 10.4. The van der Waals surface area contributed by atoms with Crippen LogP contribution in [0.1, 0.15) is 23.0 Å². The summed E-state index contributed by atoms with van der Waals surface area (Å²) in [4.78, 5) is 5.85. The molecule has 1 unspecified atom stereocenters. The van der Waals surface area contributed by atoms with E-state index in [1.165, 1.54) is 6.20 Å². The minimum Gasteiger partial charge on any atom is -0.506 e. The van der Waals surface area contributed by atoms with Crippen LogP contribution in [0.5, 0.6) is 5.75 Å². The zero-order valence-electron chi connectivity index (χ0n) is 10.4. The van der Waals surface area contributed by atoms with Crippen LogP contribution >= 0.6 is 0 Å². The molecule has 0 bridgehead atoms. The summed E-state index contributed by atoms with van der Waals surface area (Å²) in [5, 5.41) is 32.9. The average molecular weight is 253 g/mol. The fourth-order valence-corrected chi connectivity index (χ4v) is 2.18. The number of aliphatic hydroxyl groups is 2. The number of hydrogen-bond donors (Lipinski definition) is 4. The van der Waals surface area contributed by atoms with E-state index < -0.39 is 6.23 Å². The van der Waals surface area contributed by atoms with Crippen LogP contribution in [0.4, 0.5) is 0 Å². The van der Waals surface area contributed by atoms with Crippen molar-refractivity contribution in [1.82, 2.24) is 15.2 Å². The van der Waals surface area contributed by atoms with E-state index in [0.717, 1.165) is 13.1 Å². The van der Waals surface area contributed by atoms with Crippen LogP contribution < -0.4 is 5.32 Å². The Labute approximate surface area is 106 Å². The Morgan fingerprint density at radius 2 is 2.11 bits per heavy atom. The molecule has 0 radical (unpaired) electrons. The topological polar surface area (TPSA) is 88.9 Å². The van der Waals surface area contributed by atoms with E-state index in [0.29, 0.717) is 29.9 Å². The predicted molar refractivity (Wildman–Crippen MR) is 66.0 cm³/mol. The smallest absolute Gasteiger partial charge is 0.144 e. The minimum absolute atomic E-state index is 0.0346. The number of aryl methyl sites for hydroxylation is 1. The largest absolute Gasteiger partial charge is 0.506 e. The average Bonchev–Trinajstić information content (AvgIpc) is 2.42. The third-order valence-electron chi connectivity index (χ3n) is 3.28. The third kappa shape index (κ3) is 2.46. The van der Waals surface area contributed by atoms with E-state index >= 15 is 0 Å². The number of nitrogens with one attached hydrogen (secondary N) is 1. The maximum absolute atomic E-state index is 10.4. The molecule has 2 rings (SSSR count). The van der Waals surface area contributed by atoms with Crippen molar-refractivity contribution < 1.29 is 15.3 Å². The number of aromatic nitrogens is 1. The molecule has 0 spiro atoms. The van der Waals surface area contributed by atoms with Gasteiger partial charge < -0.3 is 20.6 Å². The fourth-order valence-electron chi connectivity index (χ4n) is 2.18. The Morgan fingerprint density at radius 1 is 1.44 bits per heavy atom. The first-order valence-electron chi connectivity index (χ1n) is 6.06. The van der Waals surface area contributed by atoms with Crippen LogP contribution in [0.2, 0.25) is 0 Å². The lowest BCUT2D eigenvalue weighted by Crippen LogP contribution is -2.45. The molecule has 0 amide bonds. The molecule has 100 valence electrons. The van der Waals surface area contributed by atoms with Gasteiger partial charge in [-0.1, -0.05) is 0 Å². The molecule has 18 heavy (non-hydrogen) atoms. The number of nitrogens with zero attached hydrogens (tertiary/aromatic N) is 2. The molecule has 1 aliphatic heterocycles. The van der Waals surface area contributed by atoms with Crippen LogP contribution in [0.15, 0.2) is 6.20 Å². The lowest BCUT2D eigenvalue weighted by Gasteiger charge is -2.32. The van der Waals surface area contributed by atoms with E-state index in [1.807, 2.05) is 4.90 Å². The highest BCUT2D eigenvalue weighted by Gasteiger charge is 2.25. The van der Waals surface area contributed by atoms with Crippen molar-refractivity contribution in [1.29, 1.82) is 0 Å². The van der Waals surface area contributed by atoms with Gasteiger partial charge in [0.2, 0.25) is 0 Å². The maximum Gasteiger partial charge on any atom is 0.144 e. The first-order chi connectivity index (χ1) is 8.65. The molecule has 0 aromatic carbocycles. The summed E-state index contributed by atoms with van der Waals surface area (Å²) < 4.78 is 0. The molecular weight excluding hydrogens is 234 g/mol. The second-order valence-corrected chi connectivity index (χ2v) is 4.45. The Morgan fingerprint density at radius 3 is 2.72 bits per heavy atom. The molecule has 6 heteroatoms. The van der Waals surface area contributed by atoms with Crippen LogP contribution in [0, 0.1) is 6.92 Å². The van der Waals surface area contributed by atoms with Crippen molar-refractivity contribution in [3.8, 4) is 5.75 Å². The SMILES string of the molecule is Cc1ncc(CO)c(C(O)N2CCNCC2)c1O. The summed E-state index contributed by atoms with van der Waals surface area (Å²) in [5.74, 6) is -0.0346. The number of pyridine rings is 1. The van der Waals surface area contributed by atoms with Crippen molar-refractivity contribution in [2.24, 2.45) is 0 Å². The lowest BCUT2D eigenvalue weighted by molar-refractivity contribution is -0.00840. The summed E-state index contributed by atoms with van der Waals surface area (Å²) in [5.41, 5.74) is 1.28. The fraction of sp³-hybridized carbons (Fsp3) is 0.583. The first kappa shape index (κ1) is 13.2. The molecular formula is C12H19N3O3. The van der Waals surface area contributed by atoms with Gasteiger partial charge in [-0.2, -0.15) is 0 Å². The van der Waals surface area contributed by atoms with Crippen LogP contribution in [0.25, 0.3) is 0 Å². The normalized spacial score (nSPS) is 18.8. The standard InChI is InChI=1S/C12H19N3O3/c1-8-11(17)10(9(7-16)6-14-8)12(18)15-4-2-13-3-5-15/h6,12-13,16-18H,2-5,7H2,1H3. The van der Waals surface area contributed by atoms with Crippen LogP contribution in [-0.2, 0) is 6.61 Å². The summed E-state index contributed by atoms with van der Waals surface area (Å²) >= 11 is 0. The third-order valence-corrected chi connectivity index (χ3v) is 3.28. The van der Waals surface area contributed by atoms with Crippen molar-refractivity contribution >= 4 is 0 Å². The Balaban J connectivity index is 2.32. The van der Waals surface area contributed by atoms with Gasteiger partial charge in [-0.15, -0.1) is 0 Å². The second-order valence-electron chi connectivity index (χ2n) is 4.45. The van der Waals surface area contributed by atoms with Gasteiger partial charge in [-0.05, 0) is 6.92 Å². The number of rotatable bonds is 3. The van der Waals surface area contributed by atoms with E-state index in [2.05, 4.69) is 10.3 Å². The second kappa shape index (κ2) is 5.62. The van der Waals surface area contributed by atoms with Gasteiger partial charge in [0.1, 0.15) is 12.0 Å². The van der Waals surface area contributed by atoms with Crippen molar-refractivity contribution in [2.75, 3.05) is 26.2 Å². The molecule has 1 aliphatic rings. The van der Waals surface area contributed by atoms with Crippen molar-refractivity contribution in [2.45, 2.75) is 19.8 Å². The molecule has 1 aromatic rings. The summed E-state index contributed by atoms with van der Waals surface area (Å²) in [6.45, 7) is 4.43. The first-order valence-corrected chi connectivity index (χ1v) is 6.06. The van der Waals surface area contributed by atoms with E-state index in [-0.39, 0.29) is 12.4 Å².